The highest BCUT2D eigenvalue weighted by Crippen LogP contribution is 2.37. The molecule has 0 spiro atoms. The van der Waals surface area contributed by atoms with Gasteiger partial charge >= 0.3 is 0 Å². The van der Waals surface area contributed by atoms with E-state index in [0.717, 1.165) is 42.4 Å². The number of benzene rings is 2. The zero-order valence-corrected chi connectivity index (χ0v) is 17.2. The molecular formula is C23H22FNOS2. The van der Waals surface area contributed by atoms with E-state index in [1.54, 1.807) is 6.07 Å². The van der Waals surface area contributed by atoms with E-state index in [-0.39, 0.29) is 17.8 Å². The predicted octanol–water partition coefficient (Wildman–Crippen LogP) is 6.42. The quantitative estimate of drug-likeness (QED) is 0.330. The molecule has 1 saturated heterocycles. The molecule has 1 heterocycles. The number of carbonyl (C=O) groups is 1. The minimum absolute atomic E-state index is 0.0260. The van der Waals surface area contributed by atoms with Crippen LogP contribution in [0.2, 0.25) is 0 Å². The molecule has 28 heavy (non-hydrogen) atoms. The molecule has 0 unspecified atom stereocenters. The lowest BCUT2D eigenvalue weighted by atomic mass is 10.0. The third kappa shape index (κ3) is 4.20. The van der Waals surface area contributed by atoms with Crippen molar-refractivity contribution in [3.63, 3.8) is 0 Å². The fourth-order valence-corrected chi connectivity index (χ4v) is 5.34. The van der Waals surface area contributed by atoms with Crippen LogP contribution in [0, 0.1) is 5.82 Å². The van der Waals surface area contributed by atoms with E-state index in [1.807, 2.05) is 41.3 Å². The molecule has 2 nitrogen and oxygen atoms in total. The Kier molecular flexibility index (Phi) is 5.93. The Balaban J connectivity index is 1.58. The van der Waals surface area contributed by atoms with Crippen molar-refractivity contribution in [1.82, 2.24) is 4.90 Å². The van der Waals surface area contributed by atoms with Gasteiger partial charge in [0.15, 0.2) is 0 Å². The first-order valence-corrected chi connectivity index (χ1v) is 11.0. The number of amides is 1. The van der Waals surface area contributed by atoms with Crippen LogP contribution >= 0.6 is 24.0 Å². The molecule has 1 amide bonds. The second-order valence-corrected chi connectivity index (χ2v) is 9.01. The fourth-order valence-electron chi connectivity index (χ4n) is 3.94. The molecule has 5 heteroatoms. The van der Waals surface area contributed by atoms with Crippen molar-refractivity contribution < 1.29 is 9.18 Å². The van der Waals surface area contributed by atoms with Crippen LogP contribution in [0.5, 0.6) is 0 Å². The Morgan fingerprint density at radius 3 is 2.39 bits per heavy atom. The summed E-state index contributed by atoms with van der Waals surface area (Å²) in [4.78, 5) is 15.5. The summed E-state index contributed by atoms with van der Waals surface area (Å²) < 4.78 is 14.2. The summed E-state index contributed by atoms with van der Waals surface area (Å²) in [5.74, 6) is -0.231. The van der Waals surface area contributed by atoms with E-state index < -0.39 is 0 Å². The van der Waals surface area contributed by atoms with E-state index in [9.17, 15) is 9.18 Å². The average Bonchev–Trinajstić information content (AvgIpc) is 2.87. The van der Waals surface area contributed by atoms with E-state index in [2.05, 4.69) is 0 Å². The largest absolute Gasteiger partial charge is 0.290 e. The van der Waals surface area contributed by atoms with Crippen molar-refractivity contribution >= 4 is 40.3 Å². The van der Waals surface area contributed by atoms with Crippen molar-refractivity contribution in [2.75, 3.05) is 0 Å². The number of halogens is 1. The zero-order chi connectivity index (χ0) is 19.5. The van der Waals surface area contributed by atoms with Gasteiger partial charge in [0.1, 0.15) is 10.1 Å². The van der Waals surface area contributed by atoms with Gasteiger partial charge in [0, 0.05) is 6.04 Å². The lowest BCUT2D eigenvalue weighted by molar-refractivity contribution is -0.123. The molecule has 0 radical (unpaired) electrons. The molecule has 1 saturated carbocycles. The maximum Gasteiger partial charge on any atom is 0.266 e. The Bertz CT molecular complexity index is 932. The molecule has 0 N–H and O–H groups in total. The Hall–Kier alpha value is -1.98. The molecule has 0 aromatic heterocycles. The van der Waals surface area contributed by atoms with E-state index in [4.69, 9.17) is 12.2 Å². The number of carbonyl (C=O) groups excluding carboxylic acids is 1. The van der Waals surface area contributed by atoms with Crippen molar-refractivity contribution in [1.29, 1.82) is 0 Å². The Morgan fingerprint density at radius 1 is 1.00 bits per heavy atom. The summed E-state index contributed by atoms with van der Waals surface area (Å²) in [6.07, 6.45) is 8.79. The molecule has 2 aromatic rings. The van der Waals surface area contributed by atoms with E-state index >= 15 is 0 Å². The minimum Gasteiger partial charge on any atom is -0.290 e. The first-order chi connectivity index (χ1) is 13.6. The number of thioether (sulfide) groups is 1. The number of nitrogens with zero attached hydrogens (tertiary/aromatic N) is 1. The Labute approximate surface area is 174 Å². The number of rotatable bonds is 3. The second-order valence-electron chi connectivity index (χ2n) is 7.33. The summed E-state index contributed by atoms with van der Waals surface area (Å²) in [5, 5.41) is 0. The smallest absolute Gasteiger partial charge is 0.266 e. The standard InChI is InChI=1S/C23H22FNOS2/c24-19-10-6-9-18(15-19)17-8-5-7-16(13-17)14-21-22(26)25(23(27)28-21)20-11-3-1-2-4-12-20/h5-10,13-15,20H,1-4,11-12H2/b21-14+. The van der Waals surface area contributed by atoms with Gasteiger partial charge in [-0.1, -0.05) is 80.0 Å². The Morgan fingerprint density at radius 2 is 1.68 bits per heavy atom. The maximum atomic E-state index is 13.5. The summed E-state index contributed by atoms with van der Waals surface area (Å²) in [5.41, 5.74) is 2.66. The molecular weight excluding hydrogens is 389 g/mol. The highest BCUT2D eigenvalue weighted by atomic mass is 32.2. The van der Waals surface area contributed by atoms with Gasteiger partial charge in [0.25, 0.3) is 5.91 Å². The molecule has 4 rings (SSSR count). The van der Waals surface area contributed by atoms with Crippen molar-refractivity contribution in [3.05, 3.63) is 64.8 Å². The van der Waals surface area contributed by atoms with Crippen LogP contribution in [-0.4, -0.2) is 21.2 Å². The molecule has 1 aliphatic heterocycles. The first-order valence-electron chi connectivity index (χ1n) is 9.75. The van der Waals surface area contributed by atoms with Crippen LogP contribution < -0.4 is 0 Å². The van der Waals surface area contributed by atoms with Crippen molar-refractivity contribution in [3.8, 4) is 11.1 Å². The minimum atomic E-state index is -0.257. The van der Waals surface area contributed by atoms with Gasteiger partial charge in [-0.2, -0.15) is 0 Å². The van der Waals surface area contributed by atoms with Crippen molar-refractivity contribution in [2.45, 2.75) is 44.6 Å². The number of thiocarbonyl (C=S) groups is 1. The highest BCUT2D eigenvalue weighted by molar-refractivity contribution is 8.26. The molecule has 0 bridgehead atoms. The van der Waals surface area contributed by atoms with Gasteiger partial charge in [-0.25, -0.2) is 4.39 Å². The van der Waals surface area contributed by atoms with Crippen LogP contribution in [0.15, 0.2) is 53.4 Å². The van der Waals surface area contributed by atoms with Crippen LogP contribution in [-0.2, 0) is 4.79 Å². The fraction of sp³-hybridized carbons (Fsp3) is 0.304. The van der Waals surface area contributed by atoms with Gasteiger partial charge < -0.3 is 0 Å². The molecule has 2 fully saturated rings. The second kappa shape index (κ2) is 8.58. The lowest BCUT2D eigenvalue weighted by Crippen LogP contribution is -2.38. The van der Waals surface area contributed by atoms with Crippen molar-refractivity contribution in [2.24, 2.45) is 0 Å². The van der Waals surface area contributed by atoms with Gasteiger partial charge in [-0.15, -0.1) is 0 Å². The first kappa shape index (κ1) is 19.3. The third-order valence-electron chi connectivity index (χ3n) is 5.36. The van der Waals surface area contributed by atoms with Crippen LogP contribution in [0.3, 0.4) is 0 Å². The number of hydrogen-bond acceptors (Lipinski definition) is 3. The maximum absolute atomic E-state index is 13.5. The highest BCUT2D eigenvalue weighted by Gasteiger charge is 2.37. The van der Waals surface area contributed by atoms with Crippen LogP contribution in [0.4, 0.5) is 4.39 Å². The topological polar surface area (TPSA) is 20.3 Å². The lowest BCUT2D eigenvalue weighted by Gasteiger charge is -2.25. The summed E-state index contributed by atoms with van der Waals surface area (Å²) in [6.45, 7) is 0. The molecule has 144 valence electrons. The monoisotopic (exact) mass is 411 g/mol. The zero-order valence-electron chi connectivity index (χ0n) is 15.6. The van der Waals surface area contributed by atoms with Crippen LogP contribution in [0.1, 0.15) is 44.1 Å². The summed E-state index contributed by atoms with van der Waals surface area (Å²) in [7, 11) is 0. The third-order valence-corrected chi connectivity index (χ3v) is 6.69. The summed E-state index contributed by atoms with van der Waals surface area (Å²) in [6, 6.07) is 14.6. The number of hydrogen-bond donors (Lipinski definition) is 0. The SMILES string of the molecule is O=C1/C(=C\c2cccc(-c3cccc(F)c3)c2)SC(=S)N1C1CCCCCC1. The van der Waals surface area contributed by atoms with Gasteiger partial charge in [0.05, 0.1) is 4.91 Å². The average molecular weight is 412 g/mol. The van der Waals surface area contributed by atoms with Gasteiger partial charge in [0.2, 0.25) is 0 Å². The molecule has 1 aliphatic carbocycles. The van der Waals surface area contributed by atoms with Gasteiger partial charge in [-0.3, -0.25) is 9.69 Å². The molecule has 2 aliphatic rings. The predicted molar refractivity (Wildman–Crippen MR) is 118 cm³/mol. The van der Waals surface area contributed by atoms with E-state index in [0.29, 0.717) is 9.23 Å². The van der Waals surface area contributed by atoms with Gasteiger partial charge in [-0.05, 0) is 53.8 Å². The summed E-state index contributed by atoms with van der Waals surface area (Å²) >= 11 is 6.93. The van der Waals surface area contributed by atoms with E-state index in [1.165, 1.54) is 36.7 Å². The molecule has 0 atom stereocenters. The normalized spacial score (nSPS) is 20.0. The van der Waals surface area contributed by atoms with Crippen LogP contribution in [0.25, 0.3) is 17.2 Å². The molecule has 2 aromatic carbocycles.